The number of H-pyrrole nitrogens is 1. The summed E-state index contributed by atoms with van der Waals surface area (Å²) in [7, 11) is 0. The number of ether oxygens (including phenoxy) is 1. The molecule has 13 heteroatoms. The highest BCUT2D eigenvalue weighted by Gasteiger charge is 2.30. The van der Waals surface area contributed by atoms with Crippen LogP contribution in [-0.2, 0) is 6.18 Å². The summed E-state index contributed by atoms with van der Waals surface area (Å²) in [5.74, 6) is 1.35. The number of nitrogen functional groups attached to an aromatic ring is 1. The number of rotatable bonds is 6. The van der Waals surface area contributed by atoms with E-state index in [0.717, 1.165) is 12.1 Å². The number of aromatic amines is 1. The molecule has 184 valence electrons. The second-order valence-corrected chi connectivity index (χ2v) is 7.75. The molecule has 0 radical (unpaired) electrons. The van der Waals surface area contributed by atoms with Gasteiger partial charge >= 0.3 is 6.18 Å². The molecule has 0 atom stereocenters. The predicted molar refractivity (Wildman–Crippen MR) is 131 cm³/mol. The van der Waals surface area contributed by atoms with E-state index in [4.69, 9.17) is 22.1 Å². The van der Waals surface area contributed by atoms with Crippen LogP contribution >= 0.6 is 23.4 Å². The number of nitrogens with two attached hydrogens (primary N) is 1. The minimum atomic E-state index is -4.45. The fraction of sp³-hybridized carbons (Fsp3) is 0.182. The van der Waals surface area contributed by atoms with Crippen molar-refractivity contribution in [3.05, 3.63) is 59.1 Å². The van der Waals surface area contributed by atoms with Gasteiger partial charge in [0.1, 0.15) is 11.6 Å². The van der Waals surface area contributed by atoms with Crippen molar-refractivity contribution in [2.45, 2.75) is 25.2 Å². The van der Waals surface area contributed by atoms with Gasteiger partial charge in [-0.1, -0.05) is 43.3 Å². The quantitative estimate of drug-likeness (QED) is 0.187. The fourth-order valence-corrected chi connectivity index (χ4v) is 3.41. The first kappa shape index (κ1) is 26.1. The number of anilines is 3. The molecule has 2 aromatic heterocycles. The molecular weight excluding hydrogens is 503 g/mol. The van der Waals surface area contributed by atoms with Crippen LogP contribution in [0.4, 0.5) is 30.6 Å². The van der Waals surface area contributed by atoms with E-state index < -0.39 is 11.7 Å². The maximum absolute atomic E-state index is 12.9. The minimum absolute atomic E-state index is 0.0850. The lowest BCUT2D eigenvalue weighted by molar-refractivity contribution is -0.137. The summed E-state index contributed by atoms with van der Waals surface area (Å²) in [5.41, 5.74) is 5.68. The minimum Gasteiger partial charge on any atom is -0.439 e. The second-order valence-electron chi connectivity index (χ2n) is 6.57. The largest absolute Gasteiger partial charge is 0.439 e. The number of thioether (sulfide) groups is 1. The SMILES string of the molecule is CC.CSc1nc(N)cc(Oc2ccc(-c3nc(Nc4cccc(C(F)(F)F)c4)n[nH]3)c(Cl)c2)n1. The molecule has 35 heavy (non-hydrogen) atoms. The standard InChI is InChI=1S/C20H15ClF3N7OS.C2H6/c1-33-19-27-15(25)9-16(28-19)32-12-5-6-13(14(21)8-12)17-29-18(31-30-17)26-11-4-2-3-10(7-11)20(22,23)24;1-2/h2-9H,1H3,(H2,25,27,28)(H2,26,29,30,31);1-2H3. The average Bonchev–Trinajstić information content (AvgIpc) is 3.27. The zero-order valence-corrected chi connectivity index (χ0v) is 20.4. The van der Waals surface area contributed by atoms with E-state index in [1.807, 2.05) is 20.1 Å². The summed E-state index contributed by atoms with van der Waals surface area (Å²) in [4.78, 5) is 12.5. The van der Waals surface area contributed by atoms with Crippen molar-refractivity contribution in [3.8, 4) is 23.0 Å². The van der Waals surface area contributed by atoms with E-state index in [-0.39, 0.29) is 23.3 Å². The molecule has 0 aliphatic heterocycles. The number of hydrogen-bond donors (Lipinski definition) is 3. The van der Waals surface area contributed by atoms with Gasteiger partial charge in [0.25, 0.3) is 0 Å². The smallest absolute Gasteiger partial charge is 0.416 e. The number of benzene rings is 2. The van der Waals surface area contributed by atoms with Gasteiger partial charge in [0.15, 0.2) is 11.0 Å². The van der Waals surface area contributed by atoms with Gasteiger partial charge in [-0.15, -0.1) is 5.10 Å². The van der Waals surface area contributed by atoms with E-state index in [9.17, 15) is 13.2 Å². The average molecular weight is 524 g/mol. The van der Waals surface area contributed by atoms with Gasteiger partial charge < -0.3 is 15.8 Å². The third kappa shape index (κ3) is 6.76. The summed E-state index contributed by atoms with van der Waals surface area (Å²) in [6, 6.07) is 11.1. The Morgan fingerprint density at radius 1 is 1.06 bits per heavy atom. The molecule has 4 rings (SSSR count). The molecule has 0 saturated heterocycles. The van der Waals surface area contributed by atoms with Crippen LogP contribution in [0.2, 0.25) is 5.02 Å². The Labute approximate surface area is 208 Å². The topological polar surface area (TPSA) is 115 Å². The molecule has 4 aromatic rings. The highest BCUT2D eigenvalue weighted by atomic mass is 35.5. The lowest BCUT2D eigenvalue weighted by Crippen LogP contribution is -2.05. The Kier molecular flexibility index (Phi) is 8.41. The van der Waals surface area contributed by atoms with Crippen molar-refractivity contribution >= 4 is 40.8 Å². The van der Waals surface area contributed by atoms with Crippen LogP contribution < -0.4 is 15.8 Å². The van der Waals surface area contributed by atoms with Crippen LogP contribution in [0.5, 0.6) is 11.6 Å². The van der Waals surface area contributed by atoms with Crippen molar-refractivity contribution in [3.63, 3.8) is 0 Å². The van der Waals surface area contributed by atoms with Crippen LogP contribution in [0.15, 0.2) is 53.7 Å². The zero-order valence-electron chi connectivity index (χ0n) is 18.8. The molecular formula is C22H21ClF3N7OS. The van der Waals surface area contributed by atoms with Crippen molar-refractivity contribution < 1.29 is 17.9 Å². The van der Waals surface area contributed by atoms with Gasteiger partial charge in [0, 0.05) is 23.4 Å². The van der Waals surface area contributed by atoms with Crippen molar-refractivity contribution in [2.24, 2.45) is 0 Å². The number of halogens is 4. The summed E-state index contributed by atoms with van der Waals surface area (Å²) in [6.07, 6.45) is -2.63. The first-order valence-electron chi connectivity index (χ1n) is 10.2. The van der Waals surface area contributed by atoms with E-state index in [0.29, 0.717) is 27.3 Å². The Morgan fingerprint density at radius 2 is 1.83 bits per heavy atom. The molecule has 0 amide bonds. The van der Waals surface area contributed by atoms with Crippen molar-refractivity contribution in [1.29, 1.82) is 0 Å². The second kappa shape index (κ2) is 11.3. The van der Waals surface area contributed by atoms with Gasteiger partial charge in [-0.2, -0.15) is 23.1 Å². The van der Waals surface area contributed by atoms with Crippen LogP contribution in [-0.4, -0.2) is 31.4 Å². The monoisotopic (exact) mass is 523 g/mol. The number of hydrogen-bond acceptors (Lipinski definition) is 8. The maximum atomic E-state index is 12.9. The molecule has 0 spiro atoms. The van der Waals surface area contributed by atoms with Crippen LogP contribution in [0.25, 0.3) is 11.4 Å². The lowest BCUT2D eigenvalue weighted by Gasteiger charge is -2.09. The van der Waals surface area contributed by atoms with E-state index in [1.54, 1.807) is 18.2 Å². The molecule has 8 nitrogen and oxygen atoms in total. The molecule has 0 aliphatic carbocycles. The molecule has 0 saturated carbocycles. The third-order valence-electron chi connectivity index (χ3n) is 4.23. The van der Waals surface area contributed by atoms with Crippen LogP contribution in [0.3, 0.4) is 0 Å². The Bertz CT molecular complexity index is 1300. The molecule has 0 unspecified atom stereocenters. The first-order chi connectivity index (χ1) is 16.7. The summed E-state index contributed by atoms with van der Waals surface area (Å²) in [6.45, 7) is 4.00. The highest BCUT2D eigenvalue weighted by Crippen LogP contribution is 2.33. The van der Waals surface area contributed by atoms with E-state index >= 15 is 0 Å². The molecule has 2 heterocycles. The summed E-state index contributed by atoms with van der Waals surface area (Å²) in [5, 5.41) is 10.2. The van der Waals surface area contributed by atoms with Crippen LogP contribution in [0, 0.1) is 0 Å². The molecule has 0 aliphatic rings. The Morgan fingerprint density at radius 3 is 2.51 bits per heavy atom. The Hall–Kier alpha value is -3.51. The van der Waals surface area contributed by atoms with E-state index in [2.05, 4.69) is 30.5 Å². The first-order valence-corrected chi connectivity index (χ1v) is 11.8. The van der Waals surface area contributed by atoms with Crippen LogP contribution in [0.1, 0.15) is 19.4 Å². The highest BCUT2D eigenvalue weighted by molar-refractivity contribution is 7.98. The summed E-state index contributed by atoms with van der Waals surface area (Å²) >= 11 is 7.71. The van der Waals surface area contributed by atoms with Gasteiger partial charge in [0.2, 0.25) is 11.8 Å². The molecule has 0 bridgehead atoms. The van der Waals surface area contributed by atoms with Crippen molar-refractivity contribution in [1.82, 2.24) is 25.1 Å². The third-order valence-corrected chi connectivity index (χ3v) is 5.09. The number of nitrogens with zero attached hydrogens (tertiary/aromatic N) is 4. The van der Waals surface area contributed by atoms with E-state index in [1.165, 1.54) is 30.0 Å². The van der Waals surface area contributed by atoms with Gasteiger partial charge in [-0.25, -0.2) is 4.98 Å². The normalized spacial score (nSPS) is 10.9. The molecule has 0 fully saturated rings. The number of nitrogens with one attached hydrogen (secondary N) is 2. The van der Waals surface area contributed by atoms with Gasteiger partial charge in [-0.3, -0.25) is 5.10 Å². The van der Waals surface area contributed by atoms with Gasteiger partial charge in [-0.05, 0) is 36.6 Å². The summed E-state index contributed by atoms with van der Waals surface area (Å²) < 4.78 is 44.4. The molecule has 2 aromatic carbocycles. The van der Waals surface area contributed by atoms with Gasteiger partial charge in [0.05, 0.1) is 10.6 Å². The predicted octanol–water partition coefficient (Wildman–Crippen LogP) is 6.80. The van der Waals surface area contributed by atoms with Crippen molar-refractivity contribution in [2.75, 3.05) is 17.3 Å². The fourth-order valence-electron chi connectivity index (χ4n) is 2.78. The lowest BCUT2D eigenvalue weighted by atomic mass is 10.2. The maximum Gasteiger partial charge on any atom is 0.416 e. The number of aromatic nitrogens is 5. The number of alkyl halides is 3. The molecule has 4 N–H and O–H groups in total. The zero-order chi connectivity index (χ0) is 25.6. The Balaban J connectivity index is 0.00000167.